The van der Waals surface area contributed by atoms with Crippen molar-refractivity contribution in [1.82, 2.24) is 4.98 Å². The van der Waals surface area contributed by atoms with E-state index in [-0.39, 0.29) is 0 Å². The molecule has 0 spiro atoms. The number of rotatable bonds is 4. The molecule has 2 heterocycles. The molecule has 1 aliphatic rings. The Labute approximate surface area is 143 Å². The largest absolute Gasteiger partial charge is 0.374 e. The van der Waals surface area contributed by atoms with E-state index in [1.54, 1.807) is 0 Å². The van der Waals surface area contributed by atoms with Crippen molar-refractivity contribution in [3.8, 4) is 0 Å². The smallest absolute Gasteiger partial charge is 0.0398 e. The van der Waals surface area contributed by atoms with Crippen LogP contribution in [0.5, 0.6) is 0 Å². The fraction of sp³-hybridized carbons (Fsp3) is 0.190. The van der Waals surface area contributed by atoms with E-state index in [1.807, 2.05) is 12.4 Å². The Morgan fingerprint density at radius 3 is 2.42 bits per heavy atom. The molecule has 24 heavy (non-hydrogen) atoms. The Hall–Kier alpha value is -2.81. The number of benzene rings is 2. The summed E-state index contributed by atoms with van der Waals surface area (Å²) in [6.07, 6.45) is 5.76. The minimum atomic E-state index is 0.938. The van der Waals surface area contributed by atoms with E-state index in [0.717, 1.165) is 30.8 Å². The molecule has 3 nitrogen and oxygen atoms in total. The molecule has 0 unspecified atom stereocenters. The van der Waals surface area contributed by atoms with Gasteiger partial charge in [0.2, 0.25) is 0 Å². The molecular weight excluding hydrogens is 294 g/mol. The van der Waals surface area contributed by atoms with Crippen LogP contribution in [0.15, 0.2) is 67.0 Å². The summed E-state index contributed by atoms with van der Waals surface area (Å²) in [5.41, 5.74) is 7.66. The normalized spacial score (nSPS) is 13.0. The SMILES string of the molecule is CN1CCc2cc(Nc3ccc(Cc4ccncc4)cc3)ccc21. The monoisotopic (exact) mass is 315 g/mol. The summed E-state index contributed by atoms with van der Waals surface area (Å²) < 4.78 is 0. The van der Waals surface area contributed by atoms with Gasteiger partial charge in [0, 0.05) is 43.0 Å². The van der Waals surface area contributed by atoms with Gasteiger partial charge in [-0.1, -0.05) is 12.1 Å². The zero-order chi connectivity index (χ0) is 16.4. The molecule has 0 bridgehead atoms. The maximum absolute atomic E-state index is 4.06. The summed E-state index contributed by atoms with van der Waals surface area (Å²) in [7, 11) is 2.15. The quantitative estimate of drug-likeness (QED) is 0.773. The minimum Gasteiger partial charge on any atom is -0.374 e. The van der Waals surface area contributed by atoms with Crippen molar-refractivity contribution in [1.29, 1.82) is 0 Å². The third-order valence-electron chi connectivity index (χ3n) is 4.61. The predicted molar refractivity (Wildman–Crippen MR) is 100 cm³/mol. The van der Waals surface area contributed by atoms with Crippen LogP contribution in [0.25, 0.3) is 0 Å². The van der Waals surface area contributed by atoms with Crippen molar-refractivity contribution in [2.45, 2.75) is 12.8 Å². The average molecular weight is 315 g/mol. The molecule has 0 saturated heterocycles. The van der Waals surface area contributed by atoms with Gasteiger partial charge in [-0.05, 0) is 72.0 Å². The van der Waals surface area contributed by atoms with Gasteiger partial charge >= 0.3 is 0 Å². The lowest BCUT2D eigenvalue weighted by molar-refractivity contribution is 0.956. The predicted octanol–water partition coefficient (Wildman–Crippen LogP) is 4.41. The molecule has 0 fully saturated rings. The molecule has 1 aromatic heterocycles. The number of hydrogen-bond donors (Lipinski definition) is 1. The van der Waals surface area contributed by atoms with E-state index in [9.17, 15) is 0 Å². The number of nitrogens with one attached hydrogen (secondary N) is 1. The summed E-state index contributed by atoms with van der Waals surface area (Å²) in [5, 5.41) is 3.51. The highest BCUT2D eigenvalue weighted by Gasteiger charge is 2.15. The lowest BCUT2D eigenvalue weighted by Crippen LogP contribution is -2.12. The maximum Gasteiger partial charge on any atom is 0.0398 e. The standard InChI is InChI=1S/C21H21N3/c1-24-13-10-18-15-20(6-7-21(18)24)23-19-4-2-16(3-5-19)14-17-8-11-22-12-9-17/h2-9,11-12,15,23H,10,13-14H2,1H3. The molecule has 4 rings (SSSR count). The van der Waals surface area contributed by atoms with E-state index < -0.39 is 0 Å². The van der Waals surface area contributed by atoms with Crippen molar-refractivity contribution in [2.75, 3.05) is 23.8 Å². The van der Waals surface area contributed by atoms with Gasteiger partial charge in [0.05, 0.1) is 0 Å². The fourth-order valence-electron chi connectivity index (χ4n) is 3.25. The van der Waals surface area contributed by atoms with Gasteiger partial charge in [-0.25, -0.2) is 0 Å². The Balaban J connectivity index is 1.46. The van der Waals surface area contributed by atoms with Crippen molar-refractivity contribution in [2.24, 2.45) is 0 Å². The molecule has 3 heteroatoms. The highest BCUT2D eigenvalue weighted by molar-refractivity contribution is 5.67. The molecule has 1 aliphatic heterocycles. The topological polar surface area (TPSA) is 28.2 Å². The summed E-state index contributed by atoms with van der Waals surface area (Å²) in [6.45, 7) is 1.11. The molecule has 0 aliphatic carbocycles. The van der Waals surface area contributed by atoms with Gasteiger partial charge in [-0.15, -0.1) is 0 Å². The van der Waals surface area contributed by atoms with Crippen molar-refractivity contribution in [3.63, 3.8) is 0 Å². The summed E-state index contributed by atoms with van der Waals surface area (Å²) in [5.74, 6) is 0. The molecule has 0 atom stereocenters. The van der Waals surface area contributed by atoms with Crippen LogP contribution >= 0.6 is 0 Å². The number of nitrogens with zero attached hydrogens (tertiary/aromatic N) is 2. The Morgan fingerprint density at radius 2 is 1.62 bits per heavy atom. The molecule has 2 aromatic carbocycles. The van der Waals surface area contributed by atoms with Crippen LogP contribution in [0.1, 0.15) is 16.7 Å². The number of aromatic nitrogens is 1. The van der Waals surface area contributed by atoms with Crippen LogP contribution in [0, 0.1) is 0 Å². The molecule has 0 radical (unpaired) electrons. The molecule has 1 N–H and O–H groups in total. The van der Waals surface area contributed by atoms with E-state index in [0.29, 0.717) is 0 Å². The second-order valence-corrected chi connectivity index (χ2v) is 6.37. The van der Waals surface area contributed by atoms with Gasteiger partial charge in [-0.2, -0.15) is 0 Å². The second kappa shape index (κ2) is 6.36. The fourth-order valence-corrected chi connectivity index (χ4v) is 3.25. The van der Waals surface area contributed by atoms with Gasteiger partial charge in [0.1, 0.15) is 0 Å². The lowest BCUT2D eigenvalue weighted by atomic mass is 10.1. The first-order valence-corrected chi connectivity index (χ1v) is 8.37. The van der Waals surface area contributed by atoms with Crippen LogP contribution < -0.4 is 10.2 Å². The third-order valence-corrected chi connectivity index (χ3v) is 4.61. The summed E-state index contributed by atoms with van der Waals surface area (Å²) >= 11 is 0. The van der Waals surface area contributed by atoms with Crippen LogP contribution in [0.4, 0.5) is 17.1 Å². The van der Waals surface area contributed by atoms with E-state index in [4.69, 9.17) is 0 Å². The van der Waals surface area contributed by atoms with Crippen molar-refractivity contribution < 1.29 is 0 Å². The highest BCUT2D eigenvalue weighted by Crippen LogP contribution is 2.30. The third kappa shape index (κ3) is 3.11. The second-order valence-electron chi connectivity index (χ2n) is 6.37. The number of likely N-dealkylation sites (N-methyl/N-ethyl adjacent to an activating group) is 1. The van der Waals surface area contributed by atoms with E-state index in [1.165, 1.54) is 22.4 Å². The Morgan fingerprint density at radius 1 is 0.917 bits per heavy atom. The minimum absolute atomic E-state index is 0.938. The van der Waals surface area contributed by atoms with Crippen LogP contribution in [-0.2, 0) is 12.8 Å². The first kappa shape index (κ1) is 14.8. The van der Waals surface area contributed by atoms with E-state index >= 15 is 0 Å². The molecule has 0 amide bonds. The van der Waals surface area contributed by atoms with Crippen molar-refractivity contribution >= 4 is 17.1 Å². The summed E-state index contributed by atoms with van der Waals surface area (Å²) in [4.78, 5) is 6.38. The Kier molecular flexibility index (Phi) is 3.91. The van der Waals surface area contributed by atoms with Gasteiger partial charge in [0.25, 0.3) is 0 Å². The molecular formula is C21H21N3. The highest BCUT2D eigenvalue weighted by atomic mass is 15.1. The molecule has 0 saturated carbocycles. The van der Waals surface area contributed by atoms with Gasteiger partial charge in [0.15, 0.2) is 0 Å². The molecule has 120 valence electrons. The van der Waals surface area contributed by atoms with Crippen LogP contribution in [0.3, 0.4) is 0 Å². The number of pyridine rings is 1. The zero-order valence-electron chi connectivity index (χ0n) is 13.9. The first-order valence-electron chi connectivity index (χ1n) is 8.37. The van der Waals surface area contributed by atoms with Crippen LogP contribution in [0.2, 0.25) is 0 Å². The number of hydrogen-bond acceptors (Lipinski definition) is 3. The maximum atomic E-state index is 4.06. The number of fused-ring (bicyclic) bond motifs is 1. The zero-order valence-corrected chi connectivity index (χ0v) is 13.9. The first-order chi connectivity index (χ1) is 11.8. The summed E-state index contributed by atoms with van der Waals surface area (Å²) in [6, 6.07) is 19.4. The van der Waals surface area contributed by atoms with Gasteiger partial charge in [-0.3, -0.25) is 4.98 Å². The van der Waals surface area contributed by atoms with Crippen molar-refractivity contribution in [3.05, 3.63) is 83.7 Å². The van der Waals surface area contributed by atoms with E-state index in [2.05, 4.69) is 76.8 Å². The number of anilines is 3. The average Bonchev–Trinajstić information content (AvgIpc) is 2.98. The van der Waals surface area contributed by atoms with Gasteiger partial charge < -0.3 is 10.2 Å². The molecule has 3 aromatic rings. The Bertz CT molecular complexity index is 825. The van der Waals surface area contributed by atoms with Crippen LogP contribution in [-0.4, -0.2) is 18.6 Å². The lowest BCUT2D eigenvalue weighted by Gasteiger charge is -2.13.